The van der Waals surface area contributed by atoms with Gasteiger partial charge in [0.15, 0.2) is 0 Å². The van der Waals surface area contributed by atoms with Crippen LogP contribution in [0.15, 0.2) is 70.5 Å². The van der Waals surface area contributed by atoms with Gasteiger partial charge in [-0.2, -0.15) is 10.2 Å². The number of hydrogen-bond acceptors (Lipinski definition) is 6. The second-order valence-electron chi connectivity index (χ2n) is 7.46. The molecule has 4 rings (SSSR count). The number of aryl methyl sites for hydroxylation is 1. The summed E-state index contributed by atoms with van der Waals surface area (Å²) < 4.78 is 15.6. The molecule has 1 amide bonds. The van der Waals surface area contributed by atoms with Crippen LogP contribution in [0.5, 0.6) is 0 Å². The van der Waals surface area contributed by atoms with Gasteiger partial charge in [-0.3, -0.25) is 24.0 Å². The van der Waals surface area contributed by atoms with Crippen LogP contribution in [0.3, 0.4) is 0 Å². The lowest BCUT2D eigenvalue weighted by molar-refractivity contribution is 0.0931. The Bertz CT molecular complexity index is 1430. The summed E-state index contributed by atoms with van der Waals surface area (Å²) in [5, 5.41) is 13.6. The van der Waals surface area contributed by atoms with Crippen LogP contribution < -0.4 is 21.9 Å². The van der Waals surface area contributed by atoms with Crippen molar-refractivity contribution in [3.05, 3.63) is 104 Å². The highest BCUT2D eigenvalue weighted by molar-refractivity contribution is 5.98. The van der Waals surface area contributed by atoms with E-state index in [-0.39, 0.29) is 17.5 Å². The van der Waals surface area contributed by atoms with Gasteiger partial charge in [0.25, 0.3) is 11.5 Å². The van der Waals surface area contributed by atoms with Gasteiger partial charge in [-0.1, -0.05) is 12.1 Å². The van der Waals surface area contributed by atoms with Crippen LogP contribution >= 0.6 is 0 Å². The van der Waals surface area contributed by atoms with E-state index in [1.807, 2.05) is 0 Å². The van der Waals surface area contributed by atoms with Crippen molar-refractivity contribution in [3.8, 4) is 0 Å². The number of carbonyl (C=O) groups is 1. The van der Waals surface area contributed by atoms with E-state index in [4.69, 9.17) is 0 Å². The average Bonchev–Trinajstić information content (AvgIpc) is 2.85. The molecule has 0 bridgehead atoms. The molecule has 0 radical (unpaired) electrons. The fraction of sp³-hybridized carbons (Fsp3) is 0.174. The van der Waals surface area contributed by atoms with Gasteiger partial charge in [0.2, 0.25) is 0 Å². The number of amides is 1. The number of rotatable bonds is 6. The molecule has 10 heteroatoms. The summed E-state index contributed by atoms with van der Waals surface area (Å²) in [4.78, 5) is 38.9. The molecule has 33 heavy (non-hydrogen) atoms. The van der Waals surface area contributed by atoms with Crippen LogP contribution in [0.4, 0.5) is 4.39 Å². The molecule has 0 aliphatic rings. The molecule has 0 aliphatic carbocycles. The third-order valence-corrected chi connectivity index (χ3v) is 5.37. The zero-order chi connectivity index (χ0) is 23.5. The monoisotopic (exact) mass is 448 g/mol. The van der Waals surface area contributed by atoms with Crippen LogP contribution in [0.1, 0.15) is 27.7 Å². The molecule has 1 unspecified atom stereocenters. The number of nitrogens with zero attached hydrogens (tertiary/aromatic N) is 4. The summed E-state index contributed by atoms with van der Waals surface area (Å²) >= 11 is 0. The Morgan fingerprint density at radius 1 is 1.09 bits per heavy atom. The van der Waals surface area contributed by atoms with E-state index in [9.17, 15) is 18.8 Å². The van der Waals surface area contributed by atoms with Gasteiger partial charge < -0.3 is 5.32 Å². The number of halogens is 1. The Hall–Kier alpha value is -4.18. The maximum Gasteiger partial charge on any atom is 0.331 e. The van der Waals surface area contributed by atoms with Crippen LogP contribution in [-0.2, 0) is 13.6 Å². The van der Waals surface area contributed by atoms with Gasteiger partial charge in [0, 0.05) is 24.4 Å². The maximum atomic E-state index is 13.2. The lowest BCUT2D eigenvalue weighted by Gasteiger charge is -2.18. The molecule has 2 N–H and O–H groups in total. The van der Waals surface area contributed by atoms with E-state index < -0.39 is 29.1 Å². The van der Waals surface area contributed by atoms with Crippen molar-refractivity contribution in [2.75, 3.05) is 7.05 Å². The number of hydrogen-bond donors (Lipinski definition) is 2. The van der Waals surface area contributed by atoms with Gasteiger partial charge in [0.05, 0.1) is 23.6 Å². The van der Waals surface area contributed by atoms with Crippen molar-refractivity contribution >= 4 is 16.8 Å². The summed E-state index contributed by atoms with van der Waals surface area (Å²) in [5.74, 6) is -0.818. The fourth-order valence-corrected chi connectivity index (χ4v) is 3.58. The zero-order valence-corrected chi connectivity index (χ0v) is 17.9. The van der Waals surface area contributed by atoms with Crippen molar-refractivity contribution in [2.24, 2.45) is 7.05 Å². The van der Waals surface area contributed by atoms with Crippen molar-refractivity contribution in [1.29, 1.82) is 0 Å². The lowest BCUT2D eigenvalue weighted by atomic mass is 10.1. The summed E-state index contributed by atoms with van der Waals surface area (Å²) in [5.41, 5.74) is 0.941. The van der Waals surface area contributed by atoms with E-state index in [1.54, 1.807) is 32.3 Å². The first-order chi connectivity index (χ1) is 15.9. The SMILES string of the molecule is CNC(NC(=O)c1ccc2c(c1)c(=O)n(Cc1ccc(F)cc1)c(=O)n2C)c1ccnnc1. The Morgan fingerprint density at radius 2 is 1.85 bits per heavy atom. The highest BCUT2D eigenvalue weighted by Crippen LogP contribution is 2.14. The third-order valence-electron chi connectivity index (χ3n) is 5.37. The van der Waals surface area contributed by atoms with E-state index in [0.29, 0.717) is 16.6 Å². The van der Waals surface area contributed by atoms with Gasteiger partial charge in [0.1, 0.15) is 12.0 Å². The van der Waals surface area contributed by atoms with E-state index in [2.05, 4.69) is 20.8 Å². The van der Waals surface area contributed by atoms with Crippen molar-refractivity contribution in [3.63, 3.8) is 0 Å². The van der Waals surface area contributed by atoms with Crippen LogP contribution in [-0.4, -0.2) is 32.3 Å². The minimum absolute atomic E-state index is 0.0188. The molecule has 2 heterocycles. The normalized spacial score (nSPS) is 12.0. The minimum atomic E-state index is -0.532. The molecule has 0 saturated heterocycles. The Labute approximate surface area is 187 Å². The molecular weight excluding hydrogens is 427 g/mol. The highest BCUT2D eigenvalue weighted by Gasteiger charge is 2.17. The molecular formula is C23H21FN6O3. The Kier molecular flexibility index (Phi) is 6.09. The lowest BCUT2D eigenvalue weighted by Crippen LogP contribution is -2.39. The van der Waals surface area contributed by atoms with Gasteiger partial charge in [-0.15, -0.1) is 0 Å². The van der Waals surface area contributed by atoms with E-state index in [0.717, 1.165) is 4.57 Å². The first kappa shape index (κ1) is 22.0. The average molecular weight is 448 g/mol. The topological polar surface area (TPSA) is 111 Å². The molecule has 9 nitrogen and oxygen atoms in total. The first-order valence-corrected chi connectivity index (χ1v) is 10.1. The fourth-order valence-electron chi connectivity index (χ4n) is 3.58. The molecule has 2 aromatic heterocycles. The summed E-state index contributed by atoms with van der Waals surface area (Å²) in [7, 11) is 3.24. The smallest absolute Gasteiger partial charge is 0.331 e. The maximum absolute atomic E-state index is 13.2. The number of fused-ring (bicyclic) bond motifs is 1. The largest absolute Gasteiger partial charge is 0.333 e. The van der Waals surface area contributed by atoms with Crippen LogP contribution in [0.2, 0.25) is 0 Å². The Balaban J connectivity index is 1.71. The molecule has 4 aromatic rings. The van der Waals surface area contributed by atoms with Gasteiger partial charge in [-0.25, -0.2) is 9.18 Å². The van der Waals surface area contributed by atoms with Crippen molar-refractivity contribution in [1.82, 2.24) is 30.0 Å². The number of benzene rings is 2. The van der Waals surface area contributed by atoms with Crippen molar-refractivity contribution < 1.29 is 9.18 Å². The third kappa shape index (κ3) is 4.41. The van der Waals surface area contributed by atoms with E-state index in [1.165, 1.54) is 47.3 Å². The standard InChI is InChI=1S/C23H21FN6O3/c1-25-20(16-9-10-26-27-12-16)28-21(31)15-5-8-19-18(11-15)22(32)30(23(33)29(19)2)13-14-3-6-17(24)7-4-14/h3-12,20,25H,13H2,1-2H3,(H,28,31). The number of carbonyl (C=O) groups excluding carboxylic acids is 1. The molecule has 2 aromatic carbocycles. The number of aromatic nitrogens is 4. The van der Waals surface area contributed by atoms with Gasteiger partial charge >= 0.3 is 5.69 Å². The molecule has 0 aliphatic heterocycles. The zero-order valence-electron chi connectivity index (χ0n) is 17.9. The summed E-state index contributed by atoms with van der Waals surface area (Å²) in [6.45, 7) is -0.0188. The second-order valence-corrected chi connectivity index (χ2v) is 7.46. The molecule has 0 saturated carbocycles. The van der Waals surface area contributed by atoms with Gasteiger partial charge in [-0.05, 0) is 49.0 Å². The van der Waals surface area contributed by atoms with E-state index >= 15 is 0 Å². The van der Waals surface area contributed by atoms with Crippen LogP contribution in [0, 0.1) is 5.82 Å². The predicted molar refractivity (Wildman–Crippen MR) is 120 cm³/mol. The number of nitrogens with one attached hydrogen (secondary N) is 2. The molecule has 168 valence electrons. The summed E-state index contributed by atoms with van der Waals surface area (Å²) in [6.07, 6.45) is 2.54. The van der Waals surface area contributed by atoms with Crippen LogP contribution in [0.25, 0.3) is 10.9 Å². The second kappa shape index (κ2) is 9.13. The Morgan fingerprint density at radius 3 is 2.52 bits per heavy atom. The quantitative estimate of drug-likeness (QED) is 0.431. The van der Waals surface area contributed by atoms with Crippen molar-refractivity contribution in [2.45, 2.75) is 12.7 Å². The first-order valence-electron chi connectivity index (χ1n) is 10.1. The molecule has 0 spiro atoms. The minimum Gasteiger partial charge on any atom is -0.333 e. The highest BCUT2D eigenvalue weighted by atomic mass is 19.1. The molecule has 0 fully saturated rings. The predicted octanol–water partition coefficient (Wildman–Crippen LogP) is 1.33. The molecule has 1 atom stereocenters. The summed E-state index contributed by atoms with van der Waals surface area (Å²) in [6, 6.07) is 11.9.